The first kappa shape index (κ1) is 12.3. The molecule has 0 aromatic rings. The van der Waals surface area contributed by atoms with Gasteiger partial charge in [0.05, 0.1) is 0 Å². The molecule has 1 atom stereocenters. The Labute approximate surface area is 53.4 Å². The van der Waals surface area contributed by atoms with E-state index in [-0.39, 0.29) is 4.70 Å². The Morgan fingerprint density at radius 3 is 1.40 bits per heavy atom. The van der Waals surface area contributed by atoms with E-state index in [1.165, 1.54) is 0 Å². The third-order valence-corrected chi connectivity index (χ3v) is 0.894. The average Bonchev–Trinajstić information content (AvgIpc) is 1.62. The second-order valence-corrected chi connectivity index (χ2v) is 1.66. The maximum atomic E-state index is 11.2. The maximum Gasteiger partial charge on any atom is 0.396 e. The van der Waals surface area contributed by atoms with Gasteiger partial charge >= 0.3 is 6.18 Å². The fourth-order valence-electron chi connectivity index (χ4n) is 0.143. The summed E-state index contributed by atoms with van der Waals surface area (Å²) in [6.07, 6.45) is -8.08. The van der Waals surface area contributed by atoms with Gasteiger partial charge in [0.1, 0.15) is 5.92 Å². The molecule has 0 aliphatic carbocycles. The Hall–Kier alpha value is -0.420. The molecule has 0 amide bonds. The van der Waals surface area contributed by atoms with Crippen LogP contribution in [0, 0.1) is 5.92 Å². The van der Waals surface area contributed by atoms with Crippen LogP contribution < -0.4 is 0 Å². The summed E-state index contributed by atoms with van der Waals surface area (Å²) in [6.45, 7) is 0.449. The topological polar surface area (TPSA) is 0 Å². The van der Waals surface area contributed by atoms with Gasteiger partial charge in [-0.25, -0.2) is 8.78 Å². The minimum absolute atomic E-state index is 0. The lowest BCUT2D eigenvalue weighted by atomic mass is 10.2. The highest BCUT2D eigenvalue weighted by Crippen LogP contribution is 2.29. The van der Waals surface area contributed by atoms with E-state index in [2.05, 4.69) is 0 Å². The summed E-state index contributed by atoms with van der Waals surface area (Å²) in [7, 11) is 0. The van der Waals surface area contributed by atoms with E-state index in [4.69, 9.17) is 0 Å². The lowest BCUT2D eigenvalue weighted by molar-refractivity contribution is -0.200. The van der Waals surface area contributed by atoms with E-state index in [9.17, 15) is 22.0 Å². The minimum atomic E-state index is -4.77. The highest BCUT2D eigenvalue weighted by Gasteiger charge is 2.41. The largest absolute Gasteiger partial charge is 0.396 e. The standard InChI is InChI=1S/C4H5F5.FH/c1-2(3(5)6)4(7,8)9;/h2-3H,1H3;1H. The molecule has 0 heterocycles. The molecule has 0 saturated heterocycles. The molecular formula is C4H6F6. The van der Waals surface area contributed by atoms with Crippen LogP contribution in [0.5, 0.6) is 0 Å². The van der Waals surface area contributed by atoms with Crippen molar-refractivity contribution in [3.63, 3.8) is 0 Å². The molecule has 0 radical (unpaired) electrons. The van der Waals surface area contributed by atoms with Crippen LogP contribution in [0.3, 0.4) is 0 Å². The minimum Gasteiger partial charge on any atom is -0.269 e. The van der Waals surface area contributed by atoms with Crippen molar-refractivity contribution in [1.29, 1.82) is 0 Å². The van der Waals surface area contributed by atoms with E-state index >= 15 is 0 Å². The van der Waals surface area contributed by atoms with Crippen molar-refractivity contribution in [3.05, 3.63) is 0 Å². The number of hydrogen-bond donors (Lipinski definition) is 0. The molecule has 0 fully saturated rings. The van der Waals surface area contributed by atoms with Crippen molar-refractivity contribution in [2.24, 2.45) is 5.92 Å². The zero-order valence-electron chi connectivity index (χ0n) is 4.95. The third kappa shape index (κ3) is 3.58. The first-order chi connectivity index (χ1) is 3.85. The van der Waals surface area contributed by atoms with Gasteiger partial charge in [-0.15, -0.1) is 0 Å². The monoisotopic (exact) mass is 168 g/mol. The molecule has 0 spiro atoms. The van der Waals surface area contributed by atoms with Crippen LogP contribution >= 0.6 is 0 Å². The van der Waals surface area contributed by atoms with E-state index < -0.39 is 18.5 Å². The molecule has 0 bridgehead atoms. The fraction of sp³-hybridized carbons (Fsp3) is 1.00. The Morgan fingerprint density at radius 1 is 1.10 bits per heavy atom. The first-order valence-electron chi connectivity index (χ1n) is 2.20. The van der Waals surface area contributed by atoms with E-state index in [0.717, 1.165) is 0 Å². The second-order valence-electron chi connectivity index (χ2n) is 1.66. The molecule has 64 valence electrons. The summed E-state index contributed by atoms with van der Waals surface area (Å²) in [6, 6.07) is 0. The van der Waals surface area contributed by atoms with Crippen LogP contribution in [-0.2, 0) is 0 Å². The number of halogens is 6. The van der Waals surface area contributed by atoms with Crippen LogP contribution in [0.25, 0.3) is 0 Å². The number of hydrogen-bond acceptors (Lipinski definition) is 0. The highest BCUT2D eigenvalue weighted by atomic mass is 19.4. The predicted molar refractivity (Wildman–Crippen MR) is 23.7 cm³/mol. The summed E-state index contributed by atoms with van der Waals surface area (Å²) in [5, 5.41) is 0. The lowest BCUT2D eigenvalue weighted by Gasteiger charge is -2.13. The molecule has 0 nitrogen and oxygen atoms in total. The predicted octanol–water partition coefficient (Wildman–Crippen LogP) is 2.60. The van der Waals surface area contributed by atoms with Gasteiger partial charge < -0.3 is 0 Å². The summed E-state index contributed by atoms with van der Waals surface area (Å²) >= 11 is 0. The molecule has 10 heavy (non-hydrogen) atoms. The van der Waals surface area contributed by atoms with Crippen LogP contribution in [0.4, 0.5) is 26.7 Å². The Balaban J connectivity index is 0. The van der Waals surface area contributed by atoms with Crippen molar-refractivity contribution in [3.8, 4) is 0 Å². The molecule has 0 aliphatic rings. The van der Waals surface area contributed by atoms with Crippen molar-refractivity contribution in [2.75, 3.05) is 0 Å². The van der Waals surface area contributed by atoms with Crippen LogP contribution in [0.2, 0.25) is 0 Å². The van der Waals surface area contributed by atoms with E-state index in [1.807, 2.05) is 0 Å². The van der Waals surface area contributed by atoms with E-state index in [0.29, 0.717) is 6.92 Å². The molecule has 0 aromatic carbocycles. The zero-order chi connectivity index (χ0) is 7.65. The normalized spacial score (nSPS) is 14.7. The molecule has 0 rings (SSSR count). The smallest absolute Gasteiger partial charge is 0.269 e. The average molecular weight is 168 g/mol. The zero-order valence-corrected chi connectivity index (χ0v) is 4.95. The van der Waals surface area contributed by atoms with Crippen LogP contribution in [-0.4, -0.2) is 12.6 Å². The van der Waals surface area contributed by atoms with Gasteiger partial charge in [0.2, 0.25) is 6.43 Å². The summed E-state index contributed by atoms with van der Waals surface area (Å²) in [5.74, 6) is -2.52. The summed E-state index contributed by atoms with van der Waals surface area (Å²) in [4.78, 5) is 0. The Kier molecular flexibility index (Phi) is 4.51. The van der Waals surface area contributed by atoms with E-state index in [1.54, 1.807) is 0 Å². The molecule has 0 aliphatic heterocycles. The van der Waals surface area contributed by atoms with Crippen molar-refractivity contribution in [1.82, 2.24) is 0 Å². The van der Waals surface area contributed by atoms with Gasteiger partial charge in [0, 0.05) is 0 Å². The van der Waals surface area contributed by atoms with Gasteiger partial charge in [-0.2, -0.15) is 13.2 Å². The molecule has 0 saturated carbocycles. The first-order valence-corrected chi connectivity index (χ1v) is 2.20. The van der Waals surface area contributed by atoms with Crippen molar-refractivity contribution < 1.29 is 26.7 Å². The molecule has 6 heteroatoms. The van der Waals surface area contributed by atoms with Crippen molar-refractivity contribution in [2.45, 2.75) is 19.5 Å². The van der Waals surface area contributed by atoms with Gasteiger partial charge in [0.25, 0.3) is 0 Å². The quantitative estimate of drug-likeness (QED) is 0.528. The van der Waals surface area contributed by atoms with Gasteiger partial charge in [-0.3, -0.25) is 4.70 Å². The van der Waals surface area contributed by atoms with Crippen molar-refractivity contribution >= 4 is 0 Å². The second kappa shape index (κ2) is 3.68. The van der Waals surface area contributed by atoms with Gasteiger partial charge in [-0.05, 0) is 6.92 Å². The van der Waals surface area contributed by atoms with Crippen LogP contribution in [0.15, 0.2) is 0 Å². The SMILES string of the molecule is CC(C(F)F)C(F)(F)F.F. The van der Waals surface area contributed by atoms with Gasteiger partial charge in [-0.1, -0.05) is 0 Å². The summed E-state index contributed by atoms with van der Waals surface area (Å²) in [5.41, 5.74) is 0. The summed E-state index contributed by atoms with van der Waals surface area (Å²) < 4.78 is 56.1. The molecule has 0 N–H and O–H groups in total. The third-order valence-electron chi connectivity index (χ3n) is 0.894. The molecular weight excluding hydrogens is 162 g/mol. The number of rotatable bonds is 1. The molecule has 1 unspecified atom stereocenters. The maximum absolute atomic E-state index is 11.2. The Bertz CT molecular complexity index is 84.2. The fourth-order valence-corrected chi connectivity index (χ4v) is 0.143. The van der Waals surface area contributed by atoms with Crippen LogP contribution in [0.1, 0.15) is 6.92 Å². The number of alkyl halides is 5. The highest BCUT2D eigenvalue weighted by molar-refractivity contribution is 4.63. The molecule has 0 aromatic heterocycles. The Morgan fingerprint density at radius 2 is 1.40 bits per heavy atom. The lowest BCUT2D eigenvalue weighted by Crippen LogP contribution is -2.26. The van der Waals surface area contributed by atoms with Gasteiger partial charge in [0.15, 0.2) is 0 Å².